The number of rotatable bonds is 2. The molecule has 1 unspecified atom stereocenters. The molecular weight excluding hydrogens is 273 g/mol. The van der Waals surface area contributed by atoms with E-state index < -0.39 is 4.71 Å². The second-order valence-corrected chi connectivity index (χ2v) is 12.7. The Morgan fingerprint density at radius 2 is 1.69 bits per heavy atom. The molecule has 0 aromatic heterocycles. The van der Waals surface area contributed by atoms with Gasteiger partial charge in [0.15, 0.2) is 0 Å². The van der Waals surface area contributed by atoms with Crippen molar-refractivity contribution in [1.82, 2.24) is 0 Å². The van der Waals surface area contributed by atoms with Crippen molar-refractivity contribution in [1.29, 1.82) is 0 Å². The minimum absolute atomic E-state index is 0. The number of hydrogen-bond donors (Lipinski definition) is 0. The summed E-state index contributed by atoms with van der Waals surface area (Å²) in [6.45, 7) is 4.37. The van der Waals surface area contributed by atoms with Crippen molar-refractivity contribution in [3.8, 4) is 0 Å². The quantitative estimate of drug-likeness (QED) is 0.393. The standard InChI is InChI=1S/C9H13PSSe.Na/c1-8(2)10(11,12)9-6-4-3-5-7-9;/h3-8H,1-2H3,(H,11,12);/q;+1/p-1. The zero-order chi connectivity index (χ0) is 9.19. The second-order valence-electron chi connectivity index (χ2n) is 3.03. The van der Waals surface area contributed by atoms with Crippen LogP contribution in [0.25, 0.3) is 0 Å². The Bertz CT molecular complexity index is 300. The summed E-state index contributed by atoms with van der Waals surface area (Å²) in [5, 5.41) is 1.30. The van der Waals surface area contributed by atoms with Crippen LogP contribution in [-0.2, 0) is 12.2 Å². The van der Waals surface area contributed by atoms with Gasteiger partial charge >= 0.3 is 117 Å². The van der Waals surface area contributed by atoms with Crippen molar-refractivity contribution < 1.29 is 29.6 Å². The summed E-state index contributed by atoms with van der Waals surface area (Å²) in [7, 11) is 0. The van der Waals surface area contributed by atoms with E-state index in [4.69, 9.17) is 12.2 Å². The molecule has 0 fully saturated rings. The molecule has 0 bridgehead atoms. The summed E-state index contributed by atoms with van der Waals surface area (Å²) < 4.78 is -1.41. The van der Waals surface area contributed by atoms with E-state index >= 15 is 0 Å². The predicted molar refractivity (Wildman–Crippen MR) is 61.3 cm³/mol. The van der Waals surface area contributed by atoms with E-state index in [1.54, 1.807) is 0 Å². The molecule has 1 aromatic rings. The van der Waals surface area contributed by atoms with Gasteiger partial charge in [-0.05, 0) is 0 Å². The molecule has 0 saturated heterocycles. The van der Waals surface area contributed by atoms with Crippen molar-refractivity contribution in [2.75, 3.05) is 0 Å². The maximum atomic E-state index is 5.59. The molecule has 0 saturated carbocycles. The topological polar surface area (TPSA) is 0 Å². The monoisotopic (exact) mass is 286 g/mol. The zero-order valence-corrected chi connectivity index (χ0v) is 13.7. The molecule has 0 spiro atoms. The van der Waals surface area contributed by atoms with Gasteiger partial charge in [-0.2, -0.15) is 0 Å². The van der Waals surface area contributed by atoms with Gasteiger partial charge in [0.25, 0.3) is 0 Å². The molecule has 0 radical (unpaired) electrons. The van der Waals surface area contributed by atoms with Crippen LogP contribution >= 0.6 is 4.71 Å². The maximum Gasteiger partial charge on any atom is 1.00 e. The van der Waals surface area contributed by atoms with Crippen LogP contribution in [0.5, 0.6) is 0 Å². The fourth-order valence-electron chi connectivity index (χ4n) is 0.934. The van der Waals surface area contributed by atoms with Gasteiger partial charge in [0.2, 0.25) is 0 Å². The molecule has 0 nitrogen and oxygen atoms in total. The molecule has 1 rings (SSSR count). The molecule has 4 heteroatoms. The van der Waals surface area contributed by atoms with Gasteiger partial charge in [-0.3, -0.25) is 0 Å². The van der Waals surface area contributed by atoms with Crippen LogP contribution in [0.3, 0.4) is 0 Å². The van der Waals surface area contributed by atoms with E-state index in [9.17, 15) is 0 Å². The van der Waals surface area contributed by atoms with Gasteiger partial charge < -0.3 is 0 Å². The van der Waals surface area contributed by atoms with Crippen LogP contribution in [0, 0.1) is 0 Å². The molecule has 66 valence electrons. The fraction of sp³-hybridized carbons (Fsp3) is 0.333. The van der Waals surface area contributed by atoms with Crippen molar-refractivity contribution in [2.45, 2.75) is 19.5 Å². The van der Waals surface area contributed by atoms with Crippen LogP contribution in [0.2, 0.25) is 0 Å². The number of benzene rings is 1. The minimum Gasteiger partial charge on any atom is 1.00 e. The zero-order valence-electron chi connectivity index (χ0n) is 8.23. The Labute approximate surface area is 116 Å². The van der Waals surface area contributed by atoms with E-state index in [-0.39, 0.29) is 29.6 Å². The van der Waals surface area contributed by atoms with Gasteiger partial charge in [-0.25, -0.2) is 0 Å². The van der Waals surface area contributed by atoms with E-state index in [1.807, 2.05) is 6.07 Å². The Balaban J connectivity index is 0.00000144. The Kier molecular flexibility index (Phi) is 6.90. The summed E-state index contributed by atoms with van der Waals surface area (Å²) in [5.74, 6) is 0. The summed E-state index contributed by atoms with van der Waals surface area (Å²) in [6.07, 6.45) is 0. The molecule has 13 heavy (non-hydrogen) atoms. The maximum absolute atomic E-state index is 5.59. The summed E-state index contributed by atoms with van der Waals surface area (Å²) in [6, 6.07) is 10.4. The molecule has 0 amide bonds. The first-order valence-corrected chi connectivity index (χ1v) is 9.00. The van der Waals surface area contributed by atoms with Crippen LogP contribution in [0.15, 0.2) is 30.3 Å². The molecule has 0 heterocycles. The fourth-order valence-corrected chi connectivity index (χ4v) is 3.25. The van der Waals surface area contributed by atoms with E-state index in [0.717, 1.165) is 0 Å². The van der Waals surface area contributed by atoms with Crippen molar-refractivity contribution in [3.63, 3.8) is 0 Å². The normalized spacial score (nSPS) is 14.8. The third-order valence-corrected chi connectivity index (χ3v) is 10.1. The van der Waals surface area contributed by atoms with Gasteiger partial charge in [0.05, 0.1) is 0 Å². The van der Waals surface area contributed by atoms with Crippen molar-refractivity contribution >= 4 is 37.4 Å². The first-order valence-electron chi connectivity index (χ1n) is 3.91. The van der Waals surface area contributed by atoms with E-state index in [2.05, 4.69) is 53.2 Å². The van der Waals surface area contributed by atoms with Crippen LogP contribution in [-0.4, -0.2) is 20.8 Å². The third-order valence-electron chi connectivity index (χ3n) is 1.80. The number of hydrogen-bond acceptors (Lipinski definition) is 1. The Hall–Kier alpha value is 1.52. The third kappa shape index (κ3) is 3.87. The molecule has 0 aliphatic heterocycles. The first kappa shape index (κ1) is 14.5. The minimum atomic E-state index is -1.41. The van der Waals surface area contributed by atoms with Gasteiger partial charge in [-0.1, -0.05) is 0 Å². The molecule has 0 N–H and O–H groups in total. The smallest absolute Gasteiger partial charge is 1.00 e. The molecule has 1 atom stereocenters. The second kappa shape index (κ2) is 6.18. The van der Waals surface area contributed by atoms with Crippen LogP contribution in [0.1, 0.15) is 13.8 Å². The van der Waals surface area contributed by atoms with Gasteiger partial charge in [0.1, 0.15) is 0 Å². The van der Waals surface area contributed by atoms with Crippen molar-refractivity contribution in [2.24, 2.45) is 0 Å². The SMILES string of the molecule is CC(C)P([S-])(=[Se])c1ccccc1.[Na+]. The molecular formula is C9H12NaPSSe. The predicted octanol–water partition coefficient (Wildman–Crippen LogP) is -0.713. The Morgan fingerprint density at radius 3 is 2.08 bits per heavy atom. The summed E-state index contributed by atoms with van der Waals surface area (Å²) >= 11 is 8.78. The van der Waals surface area contributed by atoms with E-state index in [0.29, 0.717) is 5.66 Å². The van der Waals surface area contributed by atoms with Crippen molar-refractivity contribution in [3.05, 3.63) is 30.3 Å². The summed E-state index contributed by atoms with van der Waals surface area (Å²) in [5.41, 5.74) is 0.551. The largest absolute Gasteiger partial charge is 1.00 e. The molecule has 0 aliphatic carbocycles. The van der Waals surface area contributed by atoms with Crippen LogP contribution in [0.4, 0.5) is 0 Å². The molecule has 0 aliphatic rings. The Morgan fingerprint density at radius 1 is 1.23 bits per heavy atom. The average molecular weight is 285 g/mol. The van der Waals surface area contributed by atoms with Gasteiger partial charge in [0, 0.05) is 0 Å². The van der Waals surface area contributed by atoms with Crippen LogP contribution < -0.4 is 34.9 Å². The first-order chi connectivity index (χ1) is 5.55. The van der Waals surface area contributed by atoms with E-state index in [1.165, 1.54) is 5.30 Å². The average Bonchev–Trinajstić information content (AvgIpc) is 2.06. The summed E-state index contributed by atoms with van der Waals surface area (Å²) in [4.78, 5) is 0. The van der Waals surface area contributed by atoms with Gasteiger partial charge in [-0.15, -0.1) is 0 Å². The molecule has 1 aromatic carbocycles.